The summed E-state index contributed by atoms with van der Waals surface area (Å²) in [6.45, 7) is 3.55. The van der Waals surface area contributed by atoms with E-state index in [1.54, 1.807) is 23.1 Å². The highest BCUT2D eigenvalue weighted by Gasteiger charge is 2.38. The Morgan fingerprint density at radius 3 is 2.64 bits per heavy atom. The summed E-state index contributed by atoms with van der Waals surface area (Å²) in [4.78, 5) is 39.7. The maximum absolute atomic E-state index is 12.4. The summed E-state index contributed by atoms with van der Waals surface area (Å²) >= 11 is 3.37. The standard InChI is InChI=1S/C16H17BrN2O3/c1-10-5-7-18(8-6-10)13(20)9-19-14-11(15(21)16(19)22)3-2-4-12(14)17/h2-4,10H,5-9H2,1H3. The first-order chi connectivity index (χ1) is 10.5. The normalized spacial score (nSPS) is 18.8. The lowest BCUT2D eigenvalue weighted by Crippen LogP contribution is -2.45. The Kier molecular flexibility index (Phi) is 4.04. The van der Waals surface area contributed by atoms with Gasteiger partial charge in [-0.1, -0.05) is 13.0 Å². The molecule has 5 nitrogen and oxygen atoms in total. The van der Waals surface area contributed by atoms with Gasteiger partial charge in [0.15, 0.2) is 0 Å². The number of ketones is 1. The van der Waals surface area contributed by atoms with E-state index in [0.717, 1.165) is 25.9 Å². The van der Waals surface area contributed by atoms with Crippen LogP contribution in [0.3, 0.4) is 0 Å². The maximum atomic E-state index is 12.4. The summed E-state index contributed by atoms with van der Waals surface area (Å²) in [7, 11) is 0. The molecule has 0 aromatic heterocycles. The van der Waals surface area contributed by atoms with Gasteiger partial charge in [-0.2, -0.15) is 0 Å². The number of para-hydroxylation sites is 1. The van der Waals surface area contributed by atoms with E-state index < -0.39 is 11.7 Å². The Morgan fingerprint density at radius 1 is 1.27 bits per heavy atom. The van der Waals surface area contributed by atoms with E-state index in [0.29, 0.717) is 21.6 Å². The highest BCUT2D eigenvalue weighted by molar-refractivity contribution is 9.10. The van der Waals surface area contributed by atoms with Crippen LogP contribution in [0.4, 0.5) is 5.69 Å². The van der Waals surface area contributed by atoms with Gasteiger partial charge in [0.1, 0.15) is 6.54 Å². The zero-order valence-electron chi connectivity index (χ0n) is 12.3. The van der Waals surface area contributed by atoms with E-state index in [9.17, 15) is 14.4 Å². The van der Waals surface area contributed by atoms with Crippen LogP contribution in [0.1, 0.15) is 30.1 Å². The third-order valence-corrected chi connectivity index (χ3v) is 5.01. The Balaban J connectivity index is 1.80. The minimum absolute atomic E-state index is 0.0748. The number of carbonyl (C=O) groups excluding carboxylic acids is 3. The number of carbonyl (C=O) groups is 3. The van der Waals surface area contributed by atoms with Crippen LogP contribution in [-0.2, 0) is 9.59 Å². The van der Waals surface area contributed by atoms with Crippen molar-refractivity contribution in [1.82, 2.24) is 4.90 Å². The van der Waals surface area contributed by atoms with Gasteiger partial charge in [0, 0.05) is 17.6 Å². The lowest BCUT2D eigenvalue weighted by atomic mass is 9.99. The summed E-state index contributed by atoms with van der Waals surface area (Å²) in [6, 6.07) is 5.10. The van der Waals surface area contributed by atoms with Gasteiger partial charge in [-0.05, 0) is 46.8 Å². The monoisotopic (exact) mass is 364 g/mol. The molecule has 0 atom stereocenters. The number of nitrogens with zero attached hydrogens (tertiary/aromatic N) is 2. The summed E-state index contributed by atoms with van der Waals surface area (Å²) < 4.78 is 0.657. The number of anilines is 1. The molecular formula is C16H17BrN2O3. The average molecular weight is 365 g/mol. The summed E-state index contributed by atoms with van der Waals surface area (Å²) in [5.41, 5.74) is 0.871. The fourth-order valence-corrected chi connectivity index (χ4v) is 3.54. The van der Waals surface area contributed by atoms with Crippen LogP contribution in [-0.4, -0.2) is 42.1 Å². The zero-order chi connectivity index (χ0) is 15.9. The Hall–Kier alpha value is -1.69. The molecule has 1 saturated heterocycles. The number of likely N-dealkylation sites (tertiary alicyclic amines) is 1. The van der Waals surface area contributed by atoms with Gasteiger partial charge in [-0.15, -0.1) is 0 Å². The fourth-order valence-electron chi connectivity index (χ4n) is 2.96. The molecule has 22 heavy (non-hydrogen) atoms. The van der Waals surface area contributed by atoms with Gasteiger partial charge in [0.2, 0.25) is 5.91 Å². The number of fused-ring (bicyclic) bond motifs is 1. The number of benzene rings is 1. The van der Waals surface area contributed by atoms with E-state index in [1.807, 2.05) is 0 Å². The predicted molar refractivity (Wildman–Crippen MR) is 85.8 cm³/mol. The van der Waals surface area contributed by atoms with Crippen molar-refractivity contribution in [3.05, 3.63) is 28.2 Å². The molecule has 6 heteroatoms. The molecular weight excluding hydrogens is 348 g/mol. The number of hydrogen-bond donors (Lipinski definition) is 0. The van der Waals surface area contributed by atoms with Crippen LogP contribution in [0.5, 0.6) is 0 Å². The fraction of sp³-hybridized carbons (Fsp3) is 0.438. The van der Waals surface area contributed by atoms with Crippen molar-refractivity contribution >= 4 is 39.2 Å². The minimum atomic E-state index is -0.624. The smallest absolute Gasteiger partial charge is 0.299 e. The lowest BCUT2D eigenvalue weighted by Gasteiger charge is -2.31. The molecule has 1 aromatic carbocycles. The molecule has 0 bridgehead atoms. The quantitative estimate of drug-likeness (QED) is 0.756. The van der Waals surface area contributed by atoms with E-state index in [2.05, 4.69) is 22.9 Å². The molecule has 1 aromatic rings. The molecule has 2 aliphatic heterocycles. The molecule has 2 amide bonds. The molecule has 0 saturated carbocycles. The molecule has 0 unspecified atom stereocenters. The van der Waals surface area contributed by atoms with Crippen molar-refractivity contribution in [2.75, 3.05) is 24.5 Å². The lowest BCUT2D eigenvalue weighted by molar-refractivity contribution is -0.132. The zero-order valence-corrected chi connectivity index (χ0v) is 13.9. The van der Waals surface area contributed by atoms with Gasteiger partial charge in [0.25, 0.3) is 11.7 Å². The first-order valence-corrected chi connectivity index (χ1v) is 8.21. The van der Waals surface area contributed by atoms with Crippen LogP contribution in [0.15, 0.2) is 22.7 Å². The highest BCUT2D eigenvalue weighted by Crippen LogP contribution is 2.35. The number of piperidine rings is 1. The van der Waals surface area contributed by atoms with Gasteiger partial charge < -0.3 is 4.90 Å². The van der Waals surface area contributed by atoms with Crippen molar-refractivity contribution in [1.29, 1.82) is 0 Å². The highest BCUT2D eigenvalue weighted by atomic mass is 79.9. The third-order valence-electron chi connectivity index (χ3n) is 4.37. The van der Waals surface area contributed by atoms with Crippen molar-refractivity contribution in [2.45, 2.75) is 19.8 Å². The first kappa shape index (κ1) is 15.2. The van der Waals surface area contributed by atoms with Crippen LogP contribution in [0, 0.1) is 5.92 Å². The van der Waals surface area contributed by atoms with Crippen molar-refractivity contribution < 1.29 is 14.4 Å². The first-order valence-electron chi connectivity index (χ1n) is 7.41. The van der Waals surface area contributed by atoms with E-state index >= 15 is 0 Å². The van der Waals surface area contributed by atoms with Gasteiger partial charge >= 0.3 is 0 Å². The average Bonchev–Trinajstić information content (AvgIpc) is 2.74. The molecule has 0 N–H and O–H groups in total. The molecule has 2 aliphatic rings. The van der Waals surface area contributed by atoms with Gasteiger partial charge in [-0.3, -0.25) is 19.3 Å². The SMILES string of the molecule is CC1CCN(C(=O)CN2C(=O)C(=O)c3cccc(Br)c32)CC1. The Bertz CT molecular complexity index is 651. The summed E-state index contributed by atoms with van der Waals surface area (Å²) in [5.74, 6) is -0.637. The number of amides is 2. The number of halogens is 1. The number of hydrogen-bond acceptors (Lipinski definition) is 3. The van der Waals surface area contributed by atoms with Crippen LogP contribution >= 0.6 is 15.9 Å². The second-order valence-corrected chi connectivity index (χ2v) is 6.77. The second-order valence-electron chi connectivity index (χ2n) is 5.92. The number of Topliss-reactive ketones (excluding diaryl/α,β-unsaturated/α-hetero) is 1. The molecule has 0 radical (unpaired) electrons. The maximum Gasteiger partial charge on any atom is 0.299 e. The topological polar surface area (TPSA) is 57.7 Å². The van der Waals surface area contributed by atoms with Crippen molar-refractivity contribution in [3.63, 3.8) is 0 Å². The van der Waals surface area contributed by atoms with Crippen molar-refractivity contribution in [3.8, 4) is 0 Å². The van der Waals surface area contributed by atoms with E-state index in [-0.39, 0.29) is 12.5 Å². The molecule has 1 fully saturated rings. The molecule has 116 valence electrons. The largest absolute Gasteiger partial charge is 0.341 e. The van der Waals surface area contributed by atoms with Crippen LogP contribution in [0.2, 0.25) is 0 Å². The van der Waals surface area contributed by atoms with Crippen LogP contribution < -0.4 is 4.90 Å². The van der Waals surface area contributed by atoms with E-state index in [1.165, 1.54) is 4.90 Å². The molecule has 2 heterocycles. The molecule has 0 aliphatic carbocycles. The molecule has 0 spiro atoms. The van der Waals surface area contributed by atoms with Gasteiger partial charge in [0.05, 0.1) is 11.3 Å². The van der Waals surface area contributed by atoms with E-state index in [4.69, 9.17) is 0 Å². The Labute approximate surface area is 137 Å². The van der Waals surface area contributed by atoms with Crippen LogP contribution in [0.25, 0.3) is 0 Å². The second kappa shape index (κ2) is 5.83. The Morgan fingerprint density at radius 2 is 1.95 bits per heavy atom. The minimum Gasteiger partial charge on any atom is -0.341 e. The summed E-state index contributed by atoms with van der Waals surface area (Å²) in [5, 5.41) is 0. The van der Waals surface area contributed by atoms with Gasteiger partial charge in [-0.25, -0.2) is 0 Å². The summed E-state index contributed by atoms with van der Waals surface area (Å²) in [6.07, 6.45) is 1.97. The number of rotatable bonds is 2. The third kappa shape index (κ3) is 2.56. The molecule has 3 rings (SSSR count). The predicted octanol–water partition coefficient (Wildman–Crippen LogP) is 2.24. The van der Waals surface area contributed by atoms with Crippen molar-refractivity contribution in [2.24, 2.45) is 5.92 Å².